The summed E-state index contributed by atoms with van der Waals surface area (Å²) in [4.78, 5) is 24.6. The van der Waals surface area contributed by atoms with Crippen LogP contribution in [0.1, 0.15) is 28.9 Å². The Hall–Kier alpha value is -2.21. The number of hydrogen-bond acceptors (Lipinski definition) is 5. The SMILES string of the molecule is CCNc1ccc(Cl)c(C(=O)NCc2ccnc(C)n2)n1. The third-order valence-corrected chi connectivity index (χ3v) is 2.99. The van der Waals surface area contributed by atoms with Crippen molar-refractivity contribution in [1.82, 2.24) is 20.3 Å². The molecule has 2 aromatic heterocycles. The first-order valence-corrected chi connectivity index (χ1v) is 6.95. The Labute approximate surface area is 128 Å². The van der Waals surface area contributed by atoms with Gasteiger partial charge in [-0.25, -0.2) is 15.0 Å². The van der Waals surface area contributed by atoms with E-state index in [-0.39, 0.29) is 11.6 Å². The summed E-state index contributed by atoms with van der Waals surface area (Å²) in [5.74, 6) is 0.938. The molecule has 0 saturated heterocycles. The Balaban J connectivity index is 2.07. The fraction of sp³-hybridized carbons (Fsp3) is 0.286. The van der Waals surface area contributed by atoms with Crippen LogP contribution < -0.4 is 10.6 Å². The van der Waals surface area contributed by atoms with E-state index >= 15 is 0 Å². The van der Waals surface area contributed by atoms with Crippen LogP contribution in [0.2, 0.25) is 5.02 Å². The highest BCUT2D eigenvalue weighted by Gasteiger charge is 2.13. The molecule has 2 aromatic rings. The molecule has 2 rings (SSSR count). The highest BCUT2D eigenvalue weighted by molar-refractivity contribution is 6.33. The van der Waals surface area contributed by atoms with Crippen molar-refractivity contribution in [2.45, 2.75) is 20.4 Å². The zero-order valence-corrected chi connectivity index (χ0v) is 12.6. The second kappa shape index (κ2) is 6.99. The van der Waals surface area contributed by atoms with Crippen molar-refractivity contribution in [3.63, 3.8) is 0 Å². The van der Waals surface area contributed by atoms with E-state index in [1.807, 2.05) is 6.92 Å². The highest BCUT2D eigenvalue weighted by Crippen LogP contribution is 2.16. The molecular formula is C14H16ClN5O. The Morgan fingerprint density at radius 2 is 2.10 bits per heavy atom. The maximum Gasteiger partial charge on any atom is 0.271 e. The van der Waals surface area contributed by atoms with Gasteiger partial charge in [0.15, 0.2) is 0 Å². The van der Waals surface area contributed by atoms with Gasteiger partial charge in [0.05, 0.1) is 17.3 Å². The first kappa shape index (κ1) is 15.2. The number of hydrogen-bond donors (Lipinski definition) is 2. The number of aryl methyl sites for hydroxylation is 1. The Kier molecular flexibility index (Phi) is 5.05. The van der Waals surface area contributed by atoms with E-state index in [4.69, 9.17) is 11.6 Å². The first-order valence-electron chi connectivity index (χ1n) is 6.57. The van der Waals surface area contributed by atoms with Gasteiger partial charge in [0, 0.05) is 12.7 Å². The Bertz CT molecular complexity index is 647. The average Bonchev–Trinajstić information content (AvgIpc) is 2.47. The van der Waals surface area contributed by atoms with Crippen LogP contribution in [0.5, 0.6) is 0 Å². The molecule has 0 aliphatic rings. The lowest BCUT2D eigenvalue weighted by Crippen LogP contribution is -2.25. The molecule has 0 aliphatic carbocycles. The first-order chi connectivity index (χ1) is 10.1. The second-order valence-electron chi connectivity index (χ2n) is 4.34. The zero-order valence-electron chi connectivity index (χ0n) is 11.9. The number of halogens is 1. The van der Waals surface area contributed by atoms with Crippen LogP contribution in [-0.2, 0) is 6.54 Å². The van der Waals surface area contributed by atoms with Crippen LogP contribution in [0.25, 0.3) is 0 Å². The number of anilines is 1. The average molecular weight is 306 g/mol. The van der Waals surface area contributed by atoms with Gasteiger partial charge >= 0.3 is 0 Å². The monoisotopic (exact) mass is 305 g/mol. The Morgan fingerprint density at radius 3 is 2.81 bits per heavy atom. The predicted octanol–water partition coefficient (Wildman–Crippen LogP) is 2.20. The number of nitrogens with zero attached hydrogens (tertiary/aromatic N) is 3. The summed E-state index contributed by atoms with van der Waals surface area (Å²) >= 11 is 6.02. The summed E-state index contributed by atoms with van der Waals surface area (Å²) in [5.41, 5.74) is 0.927. The molecule has 110 valence electrons. The van der Waals surface area contributed by atoms with Gasteiger partial charge in [0.2, 0.25) is 0 Å². The normalized spacial score (nSPS) is 10.2. The topological polar surface area (TPSA) is 79.8 Å². The van der Waals surface area contributed by atoms with Crippen molar-refractivity contribution in [2.75, 3.05) is 11.9 Å². The lowest BCUT2D eigenvalue weighted by molar-refractivity contribution is 0.0945. The summed E-state index contributed by atoms with van der Waals surface area (Å²) in [7, 11) is 0. The molecule has 2 heterocycles. The molecule has 0 unspecified atom stereocenters. The van der Waals surface area contributed by atoms with Crippen LogP contribution in [-0.4, -0.2) is 27.4 Å². The van der Waals surface area contributed by atoms with Crippen LogP contribution >= 0.6 is 11.6 Å². The lowest BCUT2D eigenvalue weighted by Gasteiger charge is -2.08. The minimum atomic E-state index is -0.337. The van der Waals surface area contributed by atoms with E-state index in [2.05, 4.69) is 25.6 Å². The molecule has 0 spiro atoms. The maximum absolute atomic E-state index is 12.2. The quantitative estimate of drug-likeness (QED) is 0.885. The molecule has 7 heteroatoms. The van der Waals surface area contributed by atoms with Crippen molar-refractivity contribution < 1.29 is 4.79 Å². The maximum atomic E-state index is 12.2. The Morgan fingerprint density at radius 1 is 1.29 bits per heavy atom. The van der Waals surface area contributed by atoms with Crippen LogP contribution in [0.4, 0.5) is 5.82 Å². The number of carbonyl (C=O) groups excluding carboxylic acids is 1. The van der Waals surface area contributed by atoms with Crippen molar-refractivity contribution >= 4 is 23.3 Å². The summed E-state index contributed by atoms with van der Waals surface area (Å²) in [5, 5.41) is 6.10. The van der Waals surface area contributed by atoms with E-state index in [1.54, 1.807) is 31.3 Å². The fourth-order valence-electron chi connectivity index (χ4n) is 1.74. The van der Waals surface area contributed by atoms with Gasteiger partial charge in [-0.2, -0.15) is 0 Å². The van der Waals surface area contributed by atoms with E-state index in [0.717, 1.165) is 12.2 Å². The van der Waals surface area contributed by atoms with Crippen LogP contribution in [0.3, 0.4) is 0 Å². The van der Waals surface area contributed by atoms with Gasteiger partial charge in [-0.3, -0.25) is 4.79 Å². The van der Waals surface area contributed by atoms with Crippen molar-refractivity contribution in [3.8, 4) is 0 Å². The van der Waals surface area contributed by atoms with Gasteiger partial charge < -0.3 is 10.6 Å². The van der Waals surface area contributed by atoms with Crippen LogP contribution in [0.15, 0.2) is 24.4 Å². The van der Waals surface area contributed by atoms with E-state index < -0.39 is 0 Å². The molecule has 0 aliphatic heterocycles. The van der Waals surface area contributed by atoms with Crippen molar-refractivity contribution in [3.05, 3.63) is 46.6 Å². The molecule has 0 saturated carbocycles. The standard InChI is InChI=1S/C14H16ClN5O/c1-3-16-12-5-4-11(15)13(20-12)14(21)18-8-10-6-7-17-9(2)19-10/h4-7H,3,8H2,1-2H3,(H,16,20)(H,18,21). The summed E-state index contributed by atoms with van der Waals surface area (Å²) < 4.78 is 0. The van der Waals surface area contributed by atoms with Gasteiger partial charge in [-0.15, -0.1) is 0 Å². The molecule has 0 fully saturated rings. The molecule has 21 heavy (non-hydrogen) atoms. The molecule has 6 nitrogen and oxygen atoms in total. The largest absolute Gasteiger partial charge is 0.370 e. The molecule has 0 atom stereocenters. The fourth-order valence-corrected chi connectivity index (χ4v) is 1.93. The number of carbonyl (C=O) groups is 1. The van der Waals surface area contributed by atoms with Crippen molar-refractivity contribution in [2.24, 2.45) is 0 Å². The number of aromatic nitrogens is 3. The predicted molar refractivity (Wildman–Crippen MR) is 81.3 cm³/mol. The molecular weight excluding hydrogens is 290 g/mol. The zero-order chi connectivity index (χ0) is 15.2. The smallest absolute Gasteiger partial charge is 0.271 e. The minimum Gasteiger partial charge on any atom is -0.370 e. The summed E-state index contributed by atoms with van der Waals surface area (Å²) in [6.45, 7) is 4.76. The van der Waals surface area contributed by atoms with Crippen molar-refractivity contribution in [1.29, 1.82) is 0 Å². The second-order valence-corrected chi connectivity index (χ2v) is 4.74. The molecule has 0 aromatic carbocycles. The summed E-state index contributed by atoms with van der Waals surface area (Å²) in [6.07, 6.45) is 1.65. The minimum absolute atomic E-state index is 0.195. The number of rotatable bonds is 5. The number of nitrogens with one attached hydrogen (secondary N) is 2. The van der Waals surface area contributed by atoms with E-state index in [9.17, 15) is 4.79 Å². The molecule has 0 bridgehead atoms. The number of pyridine rings is 1. The van der Waals surface area contributed by atoms with Gasteiger partial charge in [0.1, 0.15) is 17.3 Å². The van der Waals surface area contributed by atoms with Gasteiger partial charge in [-0.1, -0.05) is 11.6 Å². The molecule has 0 radical (unpaired) electrons. The van der Waals surface area contributed by atoms with E-state index in [0.29, 0.717) is 23.2 Å². The number of amides is 1. The van der Waals surface area contributed by atoms with Gasteiger partial charge in [0.25, 0.3) is 5.91 Å². The highest BCUT2D eigenvalue weighted by atomic mass is 35.5. The molecule has 1 amide bonds. The third-order valence-electron chi connectivity index (χ3n) is 2.68. The third kappa shape index (κ3) is 4.13. The summed E-state index contributed by atoms with van der Waals surface area (Å²) in [6, 6.07) is 5.13. The van der Waals surface area contributed by atoms with Gasteiger partial charge in [-0.05, 0) is 32.0 Å². The van der Waals surface area contributed by atoms with E-state index in [1.165, 1.54) is 0 Å². The lowest BCUT2D eigenvalue weighted by atomic mass is 10.3. The van der Waals surface area contributed by atoms with Crippen LogP contribution in [0, 0.1) is 6.92 Å². The molecule has 2 N–H and O–H groups in total.